The first kappa shape index (κ1) is 20.9. The normalized spacial score (nSPS) is 10.7. The van der Waals surface area contributed by atoms with E-state index < -0.39 is 0 Å². The van der Waals surface area contributed by atoms with Gasteiger partial charge in [-0.3, -0.25) is 0 Å². The molecule has 17 heavy (non-hydrogen) atoms. The van der Waals surface area contributed by atoms with Crippen LogP contribution in [-0.4, -0.2) is 0 Å². The van der Waals surface area contributed by atoms with Crippen molar-refractivity contribution in [3.05, 3.63) is 61.1 Å². The average molecular weight is 236 g/mol. The Morgan fingerprint density at radius 3 is 1.76 bits per heavy atom. The summed E-state index contributed by atoms with van der Waals surface area (Å²) >= 11 is 0. The van der Waals surface area contributed by atoms with Crippen LogP contribution in [0, 0.1) is 0 Å². The van der Waals surface area contributed by atoms with E-state index in [0.29, 0.717) is 5.76 Å². The number of hydrogen-bond donors (Lipinski definition) is 0. The van der Waals surface area contributed by atoms with Gasteiger partial charge in [-0.1, -0.05) is 53.0 Å². The molecule has 0 aromatic rings. The summed E-state index contributed by atoms with van der Waals surface area (Å²) in [6, 6.07) is 0. The van der Waals surface area contributed by atoms with Crippen molar-refractivity contribution in [3.8, 4) is 0 Å². The van der Waals surface area contributed by atoms with E-state index in [-0.39, 0.29) is 0 Å². The summed E-state index contributed by atoms with van der Waals surface area (Å²) in [7, 11) is 0. The topological polar surface area (TPSA) is 9.23 Å². The number of ether oxygens (including phenoxy) is 1. The zero-order chi connectivity index (χ0) is 14.1. The summed E-state index contributed by atoms with van der Waals surface area (Å²) in [5.41, 5.74) is 0. The van der Waals surface area contributed by atoms with E-state index in [1.807, 2.05) is 59.8 Å². The Hall–Kier alpha value is -1.50. The molecular weight excluding hydrogens is 208 g/mol. The van der Waals surface area contributed by atoms with Crippen LogP contribution >= 0.6 is 0 Å². The highest BCUT2D eigenvalue weighted by atomic mass is 16.5. The Morgan fingerprint density at radius 1 is 0.941 bits per heavy atom. The summed E-state index contributed by atoms with van der Waals surface area (Å²) in [6.07, 6.45) is 10.8. The highest BCUT2D eigenvalue weighted by Crippen LogP contribution is 2.08. The average Bonchev–Trinajstić information content (AvgIpc) is 2.42. The van der Waals surface area contributed by atoms with E-state index in [1.165, 1.54) is 0 Å². The first-order valence-corrected chi connectivity index (χ1v) is 6.20. The lowest BCUT2D eigenvalue weighted by atomic mass is 10.4. The highest BCUT2D eigenvalue weighted by molar-refractivity contribution is 5.20. The van der Waals surface area contributed by atoms with Crippen molar-refractivity contribution >= 4 is 0 Å². The van der Waals surface area contributed by atoms with Crippen LogP contribution in [0.1, 0.15) is 41.5 Å². The maximum Gasteiger partial charge on any atom is 0.126 e. The van der Waals surface area contributed by atoms with Crippen molar-refractivity contribution in [3.63, 3.8) is 0 Å². The van der Waals surface area contributed by atoms with Crippen molar-refractivity contribution in [1.29, 1.82) is 0 Å². The van der Waals surface area contributed by atoms with E-state index in [9.17, 15) is 0 Å². The van der Waals surface area contributed by atoms with E-state index in [0.717, 1.165) is 5.76 Å². The standard InChI is InChI=1S/C12H16O.2C2H6/c1-5-9-11(7-3)13-12(8-4)10-6-2;2*1-2/h5-10H,1,3H2,2,4H3;2*1-2H3/b10-6-,11-9+,12-8+;;. The molecule has 0 N–H and O–H groups in total. The second-order valence-corrected chi connectivity index (χ2v) is 2.30. The Morgan fingerprint density at radius 2 is 1.47 bits per heavy atom. The molecule has 0 aliphatic heterocycles. The first-order chi connectivity index (χ1) is 8.28. The van der Waals surface area contributed by atoms with Crippen LogP contribution < -0.4 is 0 Å². The molecule has 0 saturated carbocycles. The number of hydrogen-bond acceptors (Lipinski definition) is 1. The van der Waals surface area contributed by atoms with Crippen molar-refractivity contribution in [2.75, 3.05) is 0 Å². The van der Waals surface area contributed by atoms with Gasteiger partial charge in [-0.15, -0.1) is 0 Å². The largest absolute Gasteiger partial charge is 0.458 e. The highest BCUT2D eigenvalue weighted by Gasteiger charge is 1.93. The fourth-order valence-corrected chi connectivity index (χ4v) is 0.749. The molecule has 1 heteroatoms. The lowest BCUT2D eigenvalue weighted by Gasteiger charge is -2.05. The third kappa shape index (κ3) is 14.5. The SMILES string of the molecule is C=C/C=C(\C=C)OC(/C=C\C)=C/C.CC.CC. The Bertz CT molecular complexity index is 255. The van der Waals surface area contributed by atoms with Crippen LogP contribution in [0.5, 0.6) is 0 Å². The van der Waals surface area contributed by atoms with Gasteiger partial charge in [0.25, 0.3) is 0 Å². The van der Waals surface area contributed by atoms with E-state index in [4.69, 9.17) is 4.74 Å². The fourth-order valence-electron chi connectivity index (χ4n) is 0.749. The minimum absolute atomic E-state index is 0.696. The molecule has 0 aliphatic carbocycles. The molecule has 0 saturated heterocycles. The van der Waals surface area contributed by atoms with Crippen molar-refractivity contribution < 1.29 is 4.74 Å². The molecule has 0 radical (unpaired) electrons. The molecule has 0 heterocycles. The first-order valence-electron chi connectivity index (χ1n) is 6.20. The van der Waals surface area contributed by atoms with Gasteiger partial charge in [-0.2, -0.15) is 0 Å². The predicted octanol–water partition coefficient (Wildman–Crippen LogP) is 5.79. The number of rotatable bonds is 5. The summed E-state index contributed by atoms with van der Waals surface area (Å²) in [4.78, 5) is 0. The Kier molecular flexibility index (Phi) is 24.5. The molecule has 1 nitrogen and oxygen atoms in total. The third-order valence-electron chi connectivity index (χ3n) is 1.33. The predicted molar refractivity (Wildman–Crippen MR) is 80.8 cm³/mol. The van der Waals surface area contributed by atoms with Crippen LogP contribution in [0.15, 0.2) is 61.1 Å². The Balaban J connectivity index is -0.000000439. The van der Waals surface area contributed by atoms with E-state index in [1.54, 1.807) is 18.2 Å². The zero-order valence-corrected chi connectivity index (χ0v) is 12.3. The van der Waals surface area contributed by atoms with E-state index in [2.05, 4.69) is 13.2 Å². The molecule has 0 aliphatic rings. The smallest absolute Gasteiger partial charge is 0.126 e. The molecule has 0 spiro atoms. The van der Waals surface area contributed by atoms with Gasteiger partial charge < -0.3 is 4.74 Å². The van der Waals surface area contributed by atoms with Crippen LogP contribution in [-0.2, 0) is 4.74 Å². The van der Waals surface area contributed by atoms with Gasteiger partial charge in [-0.05, 0) is 38.2 Å². The molecule has 0 fully saturated rings. The third-order valence-corrected chi connectivity index (χ3v) is 1.33. The molecular formula is C16H28O. The fraction of sp³-hybridized carbons (Fsp3) is 0.375. The quantitative estimate of drug-likeness (QED) is 0.433. The molecule has 0 amide bonds. The summed E-state index contributed by atoms with van der Waals surface area (Å²) in [5, 5.41) is 0. The molecule has 0 aromatic carbocycles. The van der Waals surface area contributed by atoms with Gasteiger partial charge in [0.2, 0.25) is 0 Å². The van der Waals surface area contributed by atoms with Gasteiger partial charge in [0, 0.05) is 0 Å². The van der Waals surface area contributed by atoms with Gasteiger partial charge >= 0.3 is 0 Å². The van der Waals surface area contributed by atoms with Gasteiger partial charge in [0.1, 0.15) is 11.5 Å². The lowest BCUT2D eigenvalue weighted by molar-refractivity contribution is 0.335. The van der Waals surface area contributed by atoms with Crippen LogP contribution in [0.25, 0.3) is 0 Å². The zero-order valence-electron chi connectivity index (χ0n) is 12.3. The van der Waals surface area contributed by atoms with Crippen LogP contribution in [0.3, 0.4) is 0 Å². The van der Waals surface area contributed by atoms with Gasteiger partial charge in [0.05, 0.1) is 0 Å². The lowest BCUT2D eigenvalue weighted by Crippen LogP contribution is -1.87. The van der Waals surface area contributed by atoms with Gasteiger partial charge in [-0.25, -0.2) is 0 Å². The minimum Gasteiger partial charge on any atom is -0.458 e. The van der Waals surface area contributed by atoms with Crippen LogP contribution in [0.4, 0.5) is 0 Å². The van der Waals surface area contributed by atoms with E-state index >= 15 is 0 Å². The maximum absolute atomic E-state index is 5.48. The van der Waals surface area contributed by atoms with Crippen molar-refractivity contribution in [2.24, 2.45) is 0 Å². The summed E-state index contributed by atoms with van der Waals surface area (Å²) in [6.45, 7) is 19.1. The molecule has 0 atom stereocenters. The second-order valence-electron chi connectivity index (χ2n) is 2.30. The monoisotopic (exact) mass is 236 g/mol. The summed E-state index contributed by atoms with van der Waals surface area (Å²) in [5.74, 6) is 1.50. The molecule has 0 aromatic heterocycles. The molecule has 0 bridgehead atoms. The van der Waals surface area contributed by atoms with Crippen molar-refractivity contribution in [1.82, 2.24) is 0 Å². The molecule has 0 rings (SSSR count). The van der Waals surface area contributed by atoms with Crippen LogP contribution in [0.2, 0.25) is 0 Å². The maximum atomic E-state index is 5.48. The molecule has 0 unspecified atom stereocenters. The van der Waals surface area contributed by atoms with Gasteiger partial charge in [0.15, 0.2) is 0 Å². The van der Waals surface area contributed by atoms with Crippen molar-refractivity contribution in [2.45, 2.75) is 41.5 Å². The Labute approximate surface area is 108 Å². The second kappa shape index (κ2) is 20.0. The summed E-state index contributed by atoms with van der Waals surface area (Å²) < 4.78 is 5.48. The minimum atomic E-state index is 0.696. The number of allylic oxidation sites excluding steroid dienone is 6. The molecule has 98 valence electrons.